The number of methoxy groups -OCH3 is 1. The van der Waals surface area contributed by atoms with Crippen LogP contribution in [-0.4, -0.2) is 54.8 Å². The monoisotopic (exact) mass is 400 g/mol. The van der Waals surface area contributed by atoms with Crippen molar-refractivity contribution in [2.45, 2.75) is 57.7 Å². The van der Waals surface area contributed by atoms with Crippen molar-refractivity contribution in [2.24, 2.45) is 5.92 Å². The van der Waals surface area contributed by atoms with Crippen LogP contribution < -0.4 is 4.90 Å². The molecule has 1 saturated heterocycles. The van der Waals surface area contributed by atoms with Crippen LogP contribution in [0.3, 0.4) is 0 Å². The number of ether oxygens (including phenoxy) is 2. The van der Waals surface area contributed by atoms with Crippen LogP contribution in [0.4, 0.5) is 10.5 Å². The Hall–Kier alpha value is -2.34. The number of anilines is 1. The molecule has 2 aliphatic heterocycles. The van der Waals surface area contributed by atoms with Gasteiger partial charge in [0.2, 0.25) is 0 Å². The lowest BCUT2D eigenvalue weighted by Crippen LogP contribution is -2.60. The summed E-state index contributed by atoms with van der Waals surface area (Å²) in [5, 5.41) is 0. The summed E-state index contributed by atoms with van der Waals surface area (Å²) in [5.74, 6) is -0.512. The van der Waals surface area contributed by atoms with Crippen molar-refractivity contribution in [3.63, 3.8) is 0 Å². The van der Waals surface area contributed by atoms with Gasteiger partial charge < -0.3 is 9.47 Å². The number of likely N-dealkylation sites (tertiary alicyclic amines) is 1. The highest BCUT2D eigenvalue weighted by Crippen LogP contribution is 2.40. The predicted molar refractivity (Wildman–Crippen MR) is 113 cm³/mol. The first-order valence-electron chi connectivity index (χ1n) is 10.3. The van der Waals surface area contributed by atoms with Crippen LogP contribution in [-0.2, 0) is 20.7 Å². The highest BCUT2D eigenvalue weighted by atomic mass is 16.6. The summed E-state index contributed by atoms with van der Waals surface area (Å²) >= 11 is 0. The van der Waals surface area contributed by atoms with E-state index in [2.05, 4.69) is 11.5 Å². The number of esters is 1. The summed E-state index contributed by atoms with van der Waals surface area (Å²) < 4.78 is 10.9. The van der Waals surface area contributed by atoms with Gasteiger partial charge in [-0.15, -0.1) is 6.58 Å². The molecular weight excluding hydrogens is 368 g/mol. The first kappa shape index (κ1) is 21.4. The first-order valence-corrected chi connectivity index (χ1v) is 10.3. The molecule has 3 rings (SSSR count). The van der Waals surface area contributed by atoms with Gasteiger partial charge in [0.25, 0.3) is 0 Å². The van der Waals surface area contributed by atoms with E-state index in [4.69, 9.17) is 9.47 Å². The maximum absolute atomic E-state index is 13.2. The second-order valence-electron chi connectivity index (χ2n) is 8.80. The molecule has 6 nitrogen and oxygen atoms in total. The van der Waals surface area contributed by atoms with Crippen molar-refractivity contribution in [3.05, 3.63) is 42.5 Å². The zero-order valence-corrected chi connectivity index (χ0v) is 17.9. The van der Waals surface area contributed by atoms with Crippen LogP contribution in [0.1, 0.15) is 39.2 Å². The highest BCUT2D eigenvalue weighted by molar-refractivity contribution is 5.92. The number of piperidine rings is 1. The van der Waals surface area contributed by atoms with E-state index in [0.29, 0.717) is 13.0 Å². The summed E-state index contributed by atoms with van der Waals surface area (Å²) in [5.41, 5.74) is 1.35. The number of carbonyl (C=O) groups is 2. The standard InChI is InChI=1S/C23H32N2O4/c1-6-13-24-14-9-11-17(21(26)28-5)20(24)19-15-16-10-7-8-12-18(16)25(19)22(27)29-23(2,3)4/h6-8,10,12,17,19-20H,1,9,11,13-15H2,2-5H3. The zero-order chi connectivity index (χ0) is 21.2. The van der Waals surface area contributed by atoms with E-state index < -0.39 is 5.60 Å². The number of fused-ring (bicyclic) bond motifs is 1. The van der Waals surface area contributed by atoms with Crippen LogP contribution >= 0.6 is 0 Å². The second kappa shape index (κ2) is 8.57. The fraction of sp³-hybridized carbons (Fsp3) is 0.565. The molecule has 3 unspecified atom stereocenters. The molecule has 6 heteroatoms. The largest absolute Gasteiger partial charge is 0.469 e. The van der Waals surface area contributed by atoms with Crippen molar-refractivity contribution in [1.82, 2.24) is 4.90 Å². The maximum Gasteiger partial charge on any atom is 0.415 e. The Labute approximate surface area is 173 Å². The zero-order valence-electron chi connectivity index (χ0n) is 17.9. The van der Waals surface area contributed by atoms with Crippen molar-refractivity contribution >= 4 is 17.7 Å². The summed E-state index contributed by atoms with van der Waals surface area (Å²) in [7, 11) is 1.43. The number of hydrogen-bond donors (Lipinski definition) is 0. The molecule has 1 aromatic carbocycles. The summed E-state index contributed by atoms with van der Waals surface area (Å²) in [6.45, 7) is 11.0. The minimum Gasteiger partial charge on any atom is -0.469 e. The quantitative estimate of drug-likeness (QED) is 0.568. The van der Waals surface area contributed by atoms with Gasteiger partial charge in [-0.1, -0.05) is 24.3 Å². The number of amides is 1. The van der Waals surface area contributed by atoms with Gasteiger partial charge in [-0.2, -0.15) is 0 Å². The molecule has 1 aromatic rings. The third-order valence-electron chi connectivity index (χ3n) is 5.66. The van der Waals surface area contributed by atoms with E-state index >= 15 is 0 Å². The number of hydrogen-bond acceptors (Lipinski definition) is 5. The van der Waals surface area contributed by atoms with Gasteiger partial charge in [0, 0.05) is 12.6 Å². The molecule has 0 aromatic heterocycles. The number of rotatable bonds is 4. The molecule has 1 amide bonds. The van der Waals surface area contributed by atoms with Gasteiger partial charge in [0.1, 0.15) is 5.60 Å². The number of benzene rings is 1. The molecule has 29 heavy (non-hydrogen) atoms. The van der Waals surface area contributed by atoms with Gasteiger partial charge in [-0.3, -0.25) is 14.6 Å². The molecular formula is C23H32N2O4. The molecule has 3 atom stereocenters. The lowest BCUT2D eigenvalue weighted by molar-refractivity contribution is -0.150. The van der Waals surface area contributed by atoms with E-state index in [1.807, 2.05) is 51.1 Å². The van der Waals surface area contributed by atoms with Crippen LogP contribution in [0.25, 0.3) is 0 Å². The summed E-state index contributed by atoms with van der Waals surface area (Å²) in [4.78, 5) is 29.9. The third-order valence-corrected chi connectivity index (χ3v) is 5.66. The molecule has 2 aliphatic rings. The molecule has 0 spiro atoms. The average molecular weight is 401 g/mol. The Morgan fingerprint density at radius 2 is 2.00 bits per heavy atom. The number of carbonyl (C=O) groups excluding carboxylic acids is 2. The molecule has 0 N–H and O–H groups in total. The normalized spacial score (nSPS) is 24.7. The first-order chi connectivity index (χ1) is 13.8. The lowest BCUT2D eigenvalue weighted by atomic mass is 9.83. The average Bonchev–Trinajstić information content (AvgIpc) is 3.05. The number of nitrogens with zero attached hydrogens (tertiary/aromatic N) is 2. The van der Waals surface area contributed by atoms with Crippen molar-refractivity contribution in [1.29, 1.82) is 0 Å². The van der Waals surface area contributed by atoms with Gasteiger partial charge >= 0.3 is 12.1 Å². The smallest absolute Gasteiger partial charge is 0.415 e. The predicted octanol–water partition coefficient (Wildman–Crippen LogP) is 3.79. The molecule has 0 radical (unpaired) electrons. The molecule has 1 fully saturated rings. The Morgan fingerprint density at radius 3 is 2.66 bits per heavy atom. The summed E-state index contributed by atoms with van der Waals surface area (Å²) in [6, 6.07) is 7.54. The van der Waals surface area contributed by atoms with Crippen molar-refractivity contribution in [2.75, 3.05) is 25.1 Å². The minimum atomic E-state index is -0.603. The Bertz CT molecular complexity index is 770. The Kier molecular flexibility index (Phi) is 6.32. The van der Waals surface area contributed by atoms with Crippen LogP contribution in [0.2, 0.25) is 0 Å². The maximum atomic E-state index is 13.2. The summed E-state index contributed by atoms with van der Waals surface area (Å²) in [6.07, 6.45) is 3.82. The SMILES string of the molecule is C=CCN1CCCC(C(=O)OC)C1C1Cc2ccccc2N1C(=O)OC(C)(C)C. The van der Waals surface area contributed by atoms with Crippen LogP contribution in [0.15, 0.2) is 36.9 Å². The van der Waals surface area contributed by atoms with Gasteiger partial charge in [0.05, 0.1) is 24.8 Å². The molecule has 0 saturated carbocycles. The Balaban J connectivity index is 2.02. The molecule has 0 bridgehead atoms. The highest BCUT2D eigenvalue weighted by Gasteiger charge is 2.48. The Morgan fingerprint density at radius 1 is 1.28 bits per heavy atom. The van der Waals surface area contributed by atoms with E-state index in [1.54, 1.807) is 4.90 Å². The fourth-order valence-corrected chi connectivity index (χ4v) is 4.62. The third kappa shape index (κ3) is 4.47. The minimum absolute atomic E-state index is 0.158. The lowest BCUT2D eigenvalue weighted by Gasteiger charge is -2.45. The van der Waals surface area contributed by atoms with Crippen LogP contribution in [0.5, 0.6) is 0 Å². The van der Waals surface area contributed by atoms with Crippen LogP contribution in [0, 0.1) is 5.92 Å². The topological polar surface area (TPSA) is 59.1 Å². The second-order valence-corrected chi connectivity index (χ2v) is 8.80. The molecule has 2 heterocycles. The fourth-order valence-electron chi connectivity index (χ4n) is 4.62. The van der Waals surface area contributed by atoms with Crippen molar-refractivity contribution < 1.29 is 19.1 Å². The number of para-hydroxylation sites is 1. The van der Waals surface area contributed by atoms with E-state index in [-0.39, 0.29) is 30.1 Å². The van der Waals surface area contributed by atoms with Crippen molar-refractivity contribution in [3.8, 4) is 0 Å². The van der Waals surface area contributed by atoms with Gasteiger partial charge in [0.15, 0.2) is 0 Å². The van der Waals surface area contributed by atoms with Gasteiger partial charge in [-0.25, -0.2) is 4.79 Å². The van der Waals surface area contributed by atoms with Gasteiger partial charge in [-0.05, 0) is 58.2 Å². The van der Waals surface area contributed by atoms with E-state index in [1.165, 1.54) is 7.11 Å². The van der Waals surface area contributed by atoms with E-state index in [9.17, 15) is 9.59 Å². The molecule has 158 valence electrons. The molecule has 0 aliphatic carbocycles. The van der Waals surface area contributed by atoms with E-state index in [0.717, 1.165) is 30.6 Å².